The molecule has 7 nitrogen and oxygen atoms in total. The number of hydrogen-bond acceptors (Lipinski definition) is 5. The summed E-state index contributed by atoms with van der Waals surface area (Å²) in [6.45, 7) is 0. The molecule has 1 aromatic heterocycles. The normalized spacial score (nSPS) is 16.1. The minimum absolute atomic E-state index is 0.00686. The van der Waals surface area contributed by atoms with Gasteiger partial charge in [-0.2, -0.15) is 13.2 Å². The second kappa shape index (κ2) is 9.18. The number of rotatable bonds is 5. The zero-order valence-electron chi connectivity index (χ0n) is 17.4. The lowest BCUT2D eigenvalue weighted by atomic mass is 10.1. The Morgan fingerprint density at radius 2 is 2.03 bits per heavy atom. The molecule has 172 valence electrons. The number of nitrogens with zero attached hydrogens (tertiary/aromatic N) is 3. The van der Waals surface area contributed by atoms with Crippen LogP contribution in [0.2, 0.25) is 0 Å². The van der Waals surface area contributed by atoms with E-state index in [1.807, 2.05) is 6.07 Å². The summed E-state index contributed by atoms with van der Waals surface area (Å²) in [4.78, 5) is 30.1. The third-order valence-electron chi connectivity index (χ3n) is 5.04. The van der Waals surface area contributed by atoms with Crippen LogP contribution in [0.25, 0.3) is 5.69 Å². The van der Waals surface area contributed by atoms with E-state index in [1.54, 1.807) is 35.0 Å². The number of hydrogen-bond donors (Lipinski definition) is 1. The summed E-state index contributed by atoms with van der Waals surface area (Å²) in [7, 11) is 1.54. The van der Waals surface area contributed by atoms with Gasteiger partial charge in [0.1, 0.15) is 11.8 Å². The Morgan fingerprint density at radius 1 is 1.24 bits per heavy atom. The summed E-state index contributed by atoms with van der Waals surface area (Å²) in [5, 5.41) is 2.88. The molecule has 2 aromatic carbocycles. The lowest BCUT2D eigenvalue weighted by Crippen LogP contribution is -2.50. The summed E-state index contributed by atoms with van der Waals surface area (Å²) in [6.07, 6.45) is -2.44. The molecule has 1 N–H and O–H groups in total. The minimum atomic E-state index is -4.78. The van der Waals surface area contributed by atoms with E-state index in [0.717, 1.165) is 17.4 Å². The minimum Gasteiger partial charge on any atom is -0.497 e. The number of anilines is 2. The number of aromatic nitrogens is 2. The van der Waals surface area contributed by atoms with Crippen LogP contribution >= 0.6 is 11.8 Å². The molecule has 0 saturated heterocycles. The molecule has 0 saturated carbocycles. The van der Waals surface area contributed by atoms with Crippen LogP contribution in [0.4, 0.5) is 24.5 Å². The number of methoxy groups -OCH3 is 1. The van der Waals surface area contributed by atoms with Crippen LogP contribution in [0.1, 0.15) is 6.42 Å². The van der Waals surface area contributed by atoms with Gasteiger partial charge in [0.2, 0.25) is 11.8 Å². The molecule has 33 heavy (non-hydrogen) atoms. The number of thioether (sulfide) groups is 1. The zero-order chi connectivity index (χ0) is 23.6. The van der Waals surface area contributed by atoms with Gasteiger partial charge in [0, 0.05) is 18.5 Å². The molecule has 0 aliphatic carbocycles. The van der Waals surface area contributed by atoms with E-state index < -0.39 is 30.5 Å². The number of benzene rings is 2. The van der Waals surface area contributed by atoms with Crippen molar-refractivity contribution in [2.24, 2.45) is 0 Å². The maximum absolute atomic E-state index is 13.9. The Labute approximate surface area is 191 Å². The van der Waals surface area contributed by atoms with Crippen molar-refractivity contribution in [3.63, 3.8) is 0 Å². The molecular weight excluding hydrogens is 457 g/mol. The van der Waals surface area contributed by atoms with Gasteiger partial charge in [0.15, 0.2) is 5.16 Å². The van der Waals surface area contributed by atoms with Crippen LogP contribution in [-0.4, -0.2) is 46.4 Å². The number of para-hydroxylation sites is 2. The van der Waals surface area contributed by atoms with Gasteiger partial charge >= 0.3 is 6.18 Å². The van der Waals surface area contributed by atoms with Crippen LogP contribution < -0.4 is 15.0 Å². The van der Waals surface area contributed by atoms with Crippen molar-refractivity contribution in [1.29, 1.82) is 0 Å². The number of carbonyl (C=O) groups excluding carboxylic acids is 2. The first-order valence-corrected chi connectivity index (χ1v) is 10.8. The Bertz CT molecular complexity index is 1180. The molecule has 1 aliphatic heterocycles. The molecule has 2 heterocycles. The molecule has 1 aliphatic rings. The molecule has 11 heteroatoms. The number of ether oxygens (including phenoxy) is 1. The van der Waals surface area contributed by atoms with Crippen LogP contribution in [0.15, 0.2) is 66.1 Å². The predicted octanol–water partition coefficient (Wildman–Crippen LogP) is 4.28. The van der Waals surface area contributed by atoms with Crippen molar-refractivity contribution in [3.8, 4) is 11.4 Å². The van der Waals surface area contributed by atoms with E-state index in [2.05, 4.69) is 10.3 Å². The number of fused-ring (bicyclic) bond motifs is 1. The monoisotopic (exact) mass is 476 g/mol. The van der Waals surface area contributed by atoms with Gasteiger partial charge in [-0.3, -0.25) is 19.1 Å². The van der Waals surface area contributed by atoms with E-state index in [9.17, 15) is 22.8 Å². The first-order valence-electron chi connectivity index (χ1n) is 9.86. The van der Waals surface area contributed by atoms with Crippen molar-refractivity contribution in [2.75, 3.05) is 23.1 Å². The Hall–Kier alpha value is -3.47. The van der Waals surface area contributed by atoms with Crippen molar-refractivity contribution >= 4 is 35.0 Å². The average Bonchev–Trinajstić information content (AvgIpc) is 3.20. The standard InChI is InChI=1S/C22H19F3N4O3S/c1-32-15-6-4-5-14(11-15)28-10-9-26-21(28)33-13-20(31)29-17-8-3-2-7-16(17)27-19(30)12-18(29)22(23,24)25/h2-11,18H,12-13H2,1H3,(H,27,30). The van der Waals surface area contributed by atoms with Gasteiger partial charge in [-0.15, -0.1) is 0 Å². The molecule has 2 amide bonds. The molecular formula is C22H19F3N4O3S. The van der Waals surface area contributed by atoms with Crippen molar-refractivity contribution in [1.82, 2.24) is 9.55 Å². The topological polar surface area (TPSA) is 76.5 Å². The fraction of sp³-hybridized carbons (Fsp3) is 0.227. The number of carbonyl (C=O) groups is 2. The molecule has 3 aromatic rings. The summed E-state index contributed by atoms with van der Waals surface area (Å²) in [5.74, 6) is -1.27. The molecule has 4 rings (SSSR count). The number of nitrogens with one attached hydrogen (secondary N) is 1. The van der Waals surface area contributed by atoms with Crippen molar-refractivity contribution in [2.45, 2.75) is 23.8 Å². The van der Waals surface area contributed by atoms with Gasteiger partial charge in [0.05, 0.1) is 36.3 Å². The van der Waals surface area contributed by atoms with Crippen LogP contribution in [0.5, 0.6) is 5.75 Å². The first-order chi connectivity index (χ1) is 15.8. The van der Waals surface area contributed by atoms with E-state index in [1.165, 1.54) is 31.5 Å². The first kappa shape index (κ1) is 22.7. The second-order valence-electron chi connectivity index (χ2n) is 7.16. The lowest BCUT2D eigenvalue weighted by Gasteiger charge is -2.31. The van der Waals surface area contributed by atoms with Crippen LogP contribution in [0, 0.1) is 0 Å². The highest BCUT2D eigenvalue weighted by molar-refractivity contribution is 7.99. The summed E-state index contributed by atoms with van der Waals surface area (Å²) in [6, 6.07) is 10.8. The van der Waals surface area contributed by atoms with E-state index in [0.29, 0.717) is 15.8 Å². The summed E-state index contributed by atoms with van der Waals surface area (Å²) in [5.41, 5.74) is 0.891. The molecule has 0 fully saturated rings. The van der Waals surface area contributed by atoms with Gasteiger partial charge in [-0.25, -0.2) is 4.98 Å². The molecule has 0 radical (unpaired) electrons. The number of imidazole rings is 1. The van der Waals surface area contributed by atoms with Gasteiger partial charge in [0.25, 0.3) is 0 Å². The van der Waals surface area contributed by atoms with Gasteiger partial charge in [-0.1, -0.05) is 30.0 Å². The number of alkyl halides is 3. The molecule has 1 atom stereocenters. The fourth-order valence-electron chi connectivity index (χ4n) is 3.54. The number of amides is 2. The quantitative estimate of drug-likeness (QED) is 0.557. The van der Waals surface area contributed by atoms with Crippen LogP contribution in [0.3, 0.4) is 0 Å². The predicted molar refractivity (Wildman–Crippen MR) is 118 cm³/mol. The highest BCUT2D eigenvalue weighted by atomic mass is 32.2. The zero-order valence-corrected chi connectivity index (χ0v) is 18.2. The fourth-order valence-corrected chi connectivity index (χ4v) is 4.38. The largest absolute Gasteiger partial charge is 0.497 e. The van der Waals surface area contributed by atoms with Crippen LogP contribution in [-0.2, 0) is 9.59 Å². The van der Waals surface area contributed by atoms with Crippen molar-refractivity contribution in [3.05, 3.63) is 60.9 Å². The number of halogens is 3. The highest BCUT2D eigenvalue weighted by Gasteiger charge is 2.48. The summed E-state index contributed by atoms with van der Waals surface area (Å²) < 4.78 is 48.5. The highest BCUT2D eigenvalue weighted by Crippen LogP contribution is 2.38. The van der Waals surface area contributed by atoms with Gasteiger partial charge < -0.3 is 10.1 Å². The molecule has 0 spiro atoms. The second-order valence-corrected chi connectivity index (χ2v) is 8.10. The third-order valence-corrected chi connectivity index (χ3v) is 5.99. The molecule has 1 unspecified atom stereocenters. The summed E-state index contributed by atoms with van der Waals surface area (Å²) >= 11 is 1.01. The Morgan fingerprint density at radius 3 is 2.79 bits per heavy atom. The Kier molecular flexibility index (Phi) is 6.32. The average molecular weight is 476 g/mol. The molecule has 0 bridgehead atoms. The SMILES string of the molecule is COc1cccc(-n2ccnc2SCC(=O)N2c3ccccc3NC(=O)CC2C(F)(F)F)c1. The van der Waals surface area contributed by atoms with E-state index >= 15 is 0 Å². The van der Waals surface area contributed by atoms with E-state index in [-0.39, 0.29) is 17.1 Å². The third kappa shape index (κ3) is 4.82. The lowest BCUT2D eigenvalue weighted by molar-refractivity contribution is -0.157. The maximum atomic E-state index is 13.9. The van der Waals surface area contributed by atoms with Gasteiger partial charge in [-0.05, 0) is 24.3 Å². The smallest absolute Gasteiger partial charge is 0.409 e. The van der Waals surface area contributed by atoms with Crippen molar-refractivity contribution < 1.29 is 27.5 Å². The Balaban J connectivity index is 1.61. The maximum Gasteiger partial charge on any atom is 0.409 e. The van der Waals surface area contributed by atoms with E-state index in [4.69, 9.17) is 4.74 Å².